The van der Waals surface area contributed by atoms with E-state index in [1.807, 2.05) is 0 Å². The fourth-order valence-corrected chi connectivity index (χ4v) is 1.27. The van der Waals surface area contributed by atoms with Crippen LogP contribution in [0.25, 0.3) is 0 Å². The van der Waals surface area contributed by atoms with E-state index in [9.17, 15) is 9.50 Å². The first-order valence-electron chi connectivity index (χ1n) is 3.88. The summed E-state index contributed by atoms with van der Waals surface area (Å²) in [5.74, 6) is -0.503. The van der Waals surface area contributed by atoms with Crippen molar-refractivity contribution >= 4 is 11.6 Å². The van der Waals surface area contributed by atoms with Gasteiger partial charge in [0.2, 0.25) is 0 Å². The number of hydrogen-bond donors (Lipinski definition) is 1. The normalized spacial score (nSPS) is 11.8. The van der Waals surface area contributed by atoms with Crippen LogP contribution in [-0.4, -0.2) is 10.1 Å². The Kier molecular flexibility index (Phi) is 2.59. The number of aromatic nitrogens is 1. The minimum absolute atomic E-state index is 0.0162. The molecule has 1 aromatic heterocycles. The Labute approximate surface area is 81.4 Å². The fourth-order valence-electron chi connectivity index (χ4n) is 1.02. The zero-order valence-electron chi connectivity index (χ0n) is 7.73. The minimum atomic E-state index is -1.31. The molecule has 1 rings (SSSR count). The first-order chi connectivity index (χ1) is 5.82. The monoisotopic (exact) mass is 203 g/mol. The third-order valence-corrected chi connectivity index (χ3v) is 1.88. The van der Waals surface area contributed by atoms with Crippen LogP contribution in [0.15, 0.2) is 6.07 Å². The van der Waals surface area contributed by atoms with E-state index in [0.717, 1.165) is 0 Å². The summed E-state index contributed by atoms with van der Waals surface area (Å²) in [6.45, 7) is 4.51. The second-order valence-electron chi connectivity index (χ2n) is 3.48. The van der Waals surface area contributed by atoms with Crippen LogP contribution in [0.4, 0.5) is 4.39 Å². The molecular formula is C9H11ClFNO. The van der Waals surface area contributed by atoms with Gasteiger partial charge in [0, 0.05) is 0 Å². The van der Waals surface area contributed by atoms with E-state index in [-0.39, 0.29) is 10.8 Å². The maximum absolute atomic E-state index is 13.4. The highest BCUT2D eigenvalue weighted by Crippen LogP contribution is 2.24. The molecule has 0 radical (unpaired) electrons. The lowest BCUT2D eigenvalue weighted by Crippen LogP contribution is -2.20. The number of hydrogen-bond acceptors (Lipinski definition) is 2. The lowest BCUT2D eigenvalue weighted by atomic mass is 10.0. The van der Waals surface area contributed by atoms with Crippen LogP contribution < -0.4 is 0 Å². The molecule has 0 aliphatic rings. The number of aryl methyl sites for hydroxylation is 1. The van der Waals surface area contributed by atoms with E-state index >= 15 is 0 Å². The highest BCUT2D eigenvalue weighted by atomic mass is 35.5. The Balaban J connectivity index is 3.37. The van der Waals surface area contributed by atoms with E-state index in [4.69, 9.17) is 11.6 Å². The quantitative estimate of drug-likeness (QED) is 0.712. The summed E-state index contributed by atoms with van der Waals surface area (Å²) in [4.78, 5) is 3.75. The summed E-state index contributed by atoms with van der Waals surface area (Å²) in [6.07, 6.45) is 0. The maximum Gasteiger partial charge on any atom is 0.150 e. The molecule has 1 heterocycles. The molecule has 0 fully saturated rings. The summed E-state index contributed by atoms with van der Waals surface area (Å²) in [5.41, 5.74) is -0.936. The molecule has 1 aromatic rings. The van der Waals surface area contributed by atoms with Gasteiger partial charge in [-0.2, -0.15) is 0 Å². The standard InChI is InChI=1S/C9H11ClFNO/c1-5-4-6(10)12-8(7(5)11)9(2,3)13/h4,13H,1-3H3. The molecule has 0 unspecified atom stereocenters. The van der Waals surface area contributed by atoms with Gasteiger partial charge in [-0.25, -0.2) is 9.37 Å². The number of nitrogens with zero attached hydrogens (tertiary/aromatic N) is 1. The van der Waals surface area contributed by atoms with E-state index < -0.39 is 11.4 Å². The predicted molar refractivity (Wildman–Crippen MR) is 49.2 cm³/mol. The second kappa shape index (κ2) is 3.24. The number of halogens is 2. The number of pyridine rings is 1. The van der Waals surface area contributed by atoms with Gasteiger partial charge in [0.25, 0.3) is 0 Å². The third kappa shape index (κ3) is 2.17. The number of aliphatic hydroxyl groups is 1. The Hall–Kier alpha value is -0.670. The first-order valence-corrected chi connectivity index (χ1v) is 4.25. The van der Waals surface area contributed by atoms with E-state index in [1.165, 1.54) is 19.9 Å². The highest BCUT2D eigenvalue weighted by Gasteiger charge is 2.24. The van der Waals surface area contributed by atoms with Crippen molar-refractivity contribution in [3.05, 3.63) is 28.3 Å². The number of rotatable bonds is 1. The minimum Gasteiger partial charge on any atom is -0.384 e. The summed E-state index contributed by atoms with van der Waals surface area (Å²) >= 11 is 5.64. The van der Waals surface area contributed by atoms with Crippen LogP contribution in [0.1, 0.15) is 25.1 Å². The topological polar surface area (TPSA) is 33.1 Å². The molecule has 1 N–H and O–H groups in total. The molecule has 13 heavy (non-hydrogen) atoms. The molecule has 0 spiro atoms. The van der Waals surface area contributed by atoms with Crippen molar-refractivity contribution in [2.24, 2.45) is 0 Å². The summed E-state index contributed by atoms with van der Waals surface area (Å²) in [6, 6.07) is 1.42. The van der Waals surface area contributed by atoms with E-state index in [0.29, 0.717) is 5.56 Å². The maximum atomic E-state index is 13.4. The van der Waals surface area contributed by atoms with Gasteiger partial charge in [0.1, 0.15) is 16.4 Å². The molecule has 72 valence electrons. The van der Waals surface area contributed by atoms with Crippen LogP contribution in [0, 0.1) is 12.7 Å². The summed E-state index contributed by atoms with van der Waals surface area (Å²) in [7, 11) is 0. The molecule has 0 saturated carbocycles. The van der Waals surface area contributed by atoms with Gasteiger partial charge in [-0.15, -0.1) is 0 Å². The molecule has 0 aromatic carbocycles. The van der Waals surface area contributed by atoms with Crippen molar-refractivity contribution in [1.29, 1.82) is 0 Å². The Bertz CT molecular complexity index is 333. The molecule has 4 heteroatoms. The molecule has 0 aliphatic heterocycles. The van der Waals surface area contributed by atoms with Crippen molar-refractivity contribution < 1.29 is 9.50 Å². The highest BCUT2D eigenvalue weighted by molar-refractivity contribution is 6.29. The molecule has 0 aliphatic carbocycles. The van der Waals surface area contributed by atoms with Gasteiger partial charge in [-0.3, -0.25) is 0 Å². The summed E-state index contributed by atoms with van der Waals surface area (Å²) in [5, 5.41) is 9.75. The SMILES string of the molecule is Cc1cc(Cl)nc(C(C)(C)O)c1F. The lowest BCUT2D eigenvalue weighted by molar-refractivity contribution is 0.0693. The molecule has 0 bridgehead atoms. The average Bonchev–Trinajstić information content (AvgIpc) is 1.94. The summed E-state index contributed by atoms with van der Waals surface area (Å²) < 4.78 is 13.4. The van der Waals surface area contributed by atoms with Crippen LogP contribution in [-0.2, 0) is 5.60 Å². The Morgan fingerprint density at radius 2 is 2.08 bits per heavy atom. The van der Waals surface area contributed by atoms with Gasteiger partial charge in [-0.05, 0) is 32.4 Å². The van der Waals surface area contributed by atoms with Gasteiger partial charge >= 0.3 is 0 Å². The van der Waals surface area contributed by atoms with Gasteiger partial charge < -0.3 is 5.11 Å². The third-order valence-electron chi connectivity index (χ3n) is 1.69. The average molecular weight is 204 g/mol. The van der Waals surface area contributed by atoms with Crippen molar-refractivity contribution in [2.75, 3.05) is 0 Å². The molecule has 0 saturated heterocycles. The van der Waals surface area contributed by atoms with Crippen LogP contribution >= 0.6 is 11.6 Å². The molecule has 0 atom stereocenters. The Morgan fingerprint density at radius 3 is 2.54 bits per heavy atom. The van der Waals surface area contributed by atoms with Crippen LogP contribution in [0.3, 0.4) is 0 Å². The molecule has 0 amide bonds. The van der Waals surface area contributed by atoms with E-state index in [2.05, 4.69) is 4.98 Å². The van der Waals surface area contributed by atoms with Crippen molar-refractivity contribution in [1.82, 2.24) is 4.98 Å². The van der Waals surface area contributed by atoms with Gasteiger partial charge in [0.15, 0.2) is 5.82 Å². The zero-order valence-corrected chi connectivity index (χ0v) is 8.48. The van der Waals surface area contributed by atoms with Crippen LogP contribution in [0.2, 0.25) is 5.15 Å². The molecule has 2 nitrogen and oxygen atoms in total. The predicted octanol–water partition coefficient (Wildman–Crippen LogP) is 2.41. The zero-order chi connectivity index (χ0) is 10.2. The van der Waals surface area contributed by atoms with Crippen LogP contribution in [0.5, 0.6) is 0 Å². The molecular weight excluding hydrogens is 193 g/mol. The lowest BCUT2D eigenvalue weighted by Gasteiger charge is -2.18. The van der Waals surface area contributed by atoms with Crippen molar-refractivity contribution in [3.8, 4) is 0 Å². The van der Waals surface area contributed by atoms with Crippen molar-refractivity contribution in [2.45, 2.75) is 26.4 Å². The van der Waals surface area contributed by atoms with E-state index in [1.54, 1.807) is 6.92 Å². The Morgan fingerprint density at radius 1 is 1.54 bits per heavy atom. The smallest absolute Gasteiger partial charge is 0.150 e. The largest absolute Gasteiger partial charge is 0.384 e. The van der Waals surface area contributed by atoms with Gasteiger partial charge in [-0.1, -0.05) is 11.6 Å². The fraction of sp³-hybridized carbons (Fsp3) is 0.444. The first kappa shape index (κ1) is 10.4. The second-order valence-corrected chi connectivity index (χ2v) is 3.87. The van der Waals surface area contributed by atoms with Crippen molar-refractivity contribution in [3.63, 3.8) is 0 Å². The van der Waals surface area contributed by atoms with Gasteiger partial charge in [0.05, 0.1) is 0 Å².